The SMILES string of the molecule is COCCCN(C)C(=O)C1CC(C)CC(N)C1. The minimum absolute atomic E-state index is 0.126. The van der Waals surface area contributed by atoms with Gasteiger partial charge in [-0.2, -0.15) is 0 Å². The van der Waals surface area contributed by atoms with Crippen LogP contribution in [0.1, 0.15) is 32.6 Å². The number of amides is 1. The van der Waals surface area contributed by atoms with Crippen molar-refractivity contribution >= 4 is 5.91 Å². The van der Waals surface area contributed by atoms with Gasteiger partial charge in [0.1, 0.15) is 0 Å². The lowest BCUT2D eigenvalue weighted by Crippen LogP contribution is -2.41. The van der Waals surface area contributed by atoms with Gasteiger partial charge < -0.3 is 15.4 Å². The number of carbonyl (C=O) groups is 1. The van der Waals surface area contributed by atoms with Crippen molar-refractivity contribution in [3.05, 3.63) is 0 Å². The molecule has 3 unspecified atom stereocenters. The normalized spacial score (nSPS) is 29.1. The average molecular weight is 242 g/mol. The van der Waals surface area contributed by atoms with Gasteiger partial charge in [-0.15, -0.1) is 0 Å². The summed E-state index contributed by atoms with van der Waals surface area (Å²) in [7, 11) is 3.56. The van der Waals surface area contributed by atoms with E-state index in [-0.39, 0.29) is 17.9 Å². The maximum absolute atomic E-state index is 12.2. The van der Waals surface area contributed by atoms with Gasteiger partial charge in [0.05, 0.1) is 0 Å². The number of rotatable bonds is 5. The Labute approximate surface area is 104 Å². The van der Waals surface area contributed by atoms with Crippen LogP contribution in [0.25, 0.3) is 0 Å². The molecule has 1 saturated carbocycles. The number of nitrogens with two attached hydrogens (primary N) is 1. The van der Waals surface area contributed by atoms with Gasteiger partial charge in [-0.25, -0.2) is 0 Å². The van der Waals surface area contributed by atoms with E-state index in [9.17, 15) is 4.79 Å². The molecule has 0 aromatic heterocycles. The first-order valence-electron chi connectivity index (χ1n) is 6.54. The summed E-state index contributed by atoms with van der Waals surface area (Å²) in [5, 5.41) is 0. The van der Waals surface area contributed by atoms with E-state index in [2.05, 4.69) is 6.92 Å². The van der Waals surface area contributed by atoms with Crippen molar-refractivity contribution in [1.29, 1.82) is 0 Å². The molecule has 0 heterocycles. The van der Waals surface area contributed by atoms with Crippen molar-refractivity contribution in [1.82, 2.24) is 4.90 Å². The van der Waals surface area contributed by atoms with Crippen LogP contribution in [0.5, 0.6) is 0 Å². The first-order chi connectivity index (χ1) is 8.04. The monoisotopic (exact) mass is 242 g/mol. The lowest BCUT2D eigenvalue weighted by molar-refractivity contribution is -0.136. The van der Waals surface area contributed by atoms with Crippen LogP contribution in [0.2, 0.25) is 0 Å². The van der Waals surface area contributed by atoms with Crippen LogP contribution in [0.4, 0.5) is 0 Å². The maximum atomic E-state index is 12.2. The molecule has 1 amide bonds. The van der Waals surface area contributed by atoms with Crippen LogP contribution >= 0.6 is 0 Å². The second kappa shape index (κ2) is 6.97. The lowest BCUT2D eigenvalue weighted by Gasteiger charge is -2.32. The zero-order valence-corrected chi connectivity index (χ0v) is 11.3. The molecule has 0 aromatic carbocycles. The predicted molar refractivity (Wildman–Crippen MR) is 68.6 cm³/mol. The van der Waals surface area contributed by atoms with Gasteiger partial charge in [0, 0.05) is 39.3 Å². The van der Waals surface area contributed by atoms with Crippen molar-refractivity contribution in [3.8, 4) is 0 Å². The standard InChI is InChI=1S/C13H26N2O2/c1-10-7-11(9-12(14)8-10)13(16)15(2)5-4-6-17-3/h10-12H,4-9,14H2,1-3H3. The molecule has 1 rings (SSSR count). The maximum Gasteiger partial charge on any atom is 0.225 e. The Balaban J connectivity index is 2.39. The number of methoxy groups -OCH3 is 1. The zero-order chi connectivity index (χ0) is 12.8. The van der Waals surface area contributed by atoms with Gasteiger partial charge in [-0.1, -0.05) is 6.92 Å². The second-order valence-electron chi connectivity index (χ2n) is 5.38. The summed E-state index contributed by atoms with van der Waals surface area (Å²) in [4.78, 5) is 14.0. The highest BCUT2D eigenvalue weighted by Crippen LogP contribution is 2.29. The zero-order valence-electron chi connectivity index (χ0n) is 11.3. The van der Waals surface area contributed by atoms with Crippen molar-refractivity contribution in [2.75, 3.05) is 27.3 Å². The molecule has 2 N–H and O–H groups in total. The molecule has 100 valence electrons. The molecular formula is C13H26N2O2. The molecule has 0 bridgehead atoms. The molecule has 4 heteroatoms. The highest BCUT2D eigenvalue weighted by molar-refractivity contribution is 5.78. The first-order valence-corrected chi connectivity index (χ1v) is 6.54. The summed E-state index contributed by atoms with van der Waals surface area (Å²) in [5.41, 5.74) is 5.98. The van der Waals surface area contributed by atoms with Gasteiger partial charge in [-0.3, -0.25) is 4.79 Å². The number of hydrogen-bond donors (Lipinski definition) is 1. The number of ether oxygens (including phenoxy) is 1. The first kappa shape index (κ1) is 14.5. The van der Waals surface area contributed by atoms with E-state index in [0.717, 1.165) is 32.2 Å². The van der Waals surface area contributed by atoms with Crippen molar-refractivity contribution in [2.45, 2.75) is 38.6 Å². The molecule has 0 aromatic rings. The molecule has 0 saturated heterocycles. The van der Waals surface area contributed by atoms with Crippen molar-refractivity contribution < 1.29 is 9.53 Å². The van der Waals surface area contributed by atoms with E-state index in [1.807, 2.05) is 11.9 Å². The largest absolute Gasteiger partial charge is 0.385 e. The van der Waals surface area contributed by atoms with Crippen LogP contribution < -0.4 is 5.73 Å². The summed E-state index contributed by atoms with van der Waals surface area (Å²) >= 11 is 0. The molecule has 1 fully saturated rings. The molecule has 4 nitrogen and oxygen atoms in total. The van der Waals surface area contributed by atoms with Crippen LogP contribution in [0.3, 0.4) is 0 Å². The molecule has 1 aliphatic carbocycles. The Bertz CT molecular complexity index is 236. The Morgan fingerprint density at radius 1 is 1.41 bits per heavy atom. The smallest absolute Gasteiger partial charge is 0.225 e. The van der Waals surface area contributed by atoms with Crippen molar-refractivity contribution in [3.63, 3.8) is 0 Å². The van der Waals surface area contributed by atoms with E-state index < -0.39 is 0 Å². The Morgan fingerprint density at radius 2 is 2.12 bits per heavy atom. The van der Waals surface area contributed by atoms with Crippen LogP contribution in [-0.4, -0.2) is 44.2 Å². The van der Waals surface area contributed by atoms with Crippen molar-refractivity contribution in [2.24, 2.45) is 17.6 Å². The molecular weight excluding hydrogens is 216 g/mol. The predicted octanol–water partition coefficient (Wildman–Crippen LogP) is 1.24. The van der Waals surface area contributed by atoms with E-state index in [1.54, 1.807) is 7.11 Å². The lowest BCUT2D eigenvalue weighted by atomic mass is 9.79. The fourth-order valence-electron chi connectivity index (χ4n) is 2.73. The summed E-state index contributed by atoms with van der Waals surface area (Å²) in [6.07, 6.45) is 3.78. The molecule has 3 atom stereocenters. The van der Waals surface area contributed by atoms with Gasteiger partial charge in [0.2, 0.25) is 5.91 Å². The highest BCUT2D eigenvalue weighted by atomic mass is 16.5. The van der Waals surface area contributed by atoms with Gasteiger partial charge in [-0.05, 0) is 31.6 Å². The minimum atomic E-state index is 0.126. The number of nitrogens with zero attached hydrogens (tertiary/aromatic N) is 1. The third kappa shape index (κ3) is 4.64. The van der Waals surface area contributed by atoms with E-state index in [1.165, 1.54) is 0 Å². The molecule has 0 aliphatic heterocycles. The summed E-state index contributed by atoms with van der Waals surface area (Å²) in [5.74, 6) is 0.949. The van der Waals surface area contributed by atoms with Gasteiger partial charge in [0.15, 0.2) is 0 Å². The van der Waals surface area contributed by atoms with Crippen LogP contribution in [0.15, 0.2) is 0 Å². The molecule has 17 heavy (non-hydrogen) atoms. The molecule has 1 aliphatic rings. The fourth-order valence-corrected chi connectivity index (χ4v) is 2.73. The molecule has 0 spiro atoms. The second-order valence-corrected chi connectivity index (χ2v) is 5.38. The summed E-state index contributed by atoms with van der Waals surface area (Å²) < 4.78 is 4.99. The van der Waals surface area contributed by atoms with E-state index >= 15 is 0 Å². The highest BCUT2D eigenvalue weighted by Gasteiger charge is 2.30. The van der Waals surface area contributed by atoms with Crippen LogP contribution in [0, 0.1) is 11.8 Å². The Hall–Kier alpha value is -0.610. The Kier molecular flexibility index (Phi) is 5.92. The summed E-state index contributed by atoms with van der Waals surface area (Å²) in [6, 6.07) is 0.195. The minimum Gasteiger partial charge on any atom is -0.385 e. The van der Waals surface area contributed by atoms with E-state index in [4.69, 9.17) is 10.5 Å². The number of hydrogen-bond acceptors (Lipinski definition) is 3. The van der Waals surface area contributed by atoms with E-state index in [0.29, 0.717) is 12.5 Å². The third-order valence-corrected chi connectivity index (χ3v) is 3.55. The quantitative estimate of drug-likeness (QED) is 0.738. The summed E-state index contributed by atoms with van der Waals surface area (Å²) in [6.45, 7) is 3.66. The average Bonchev–Trinajstić information content (AvgIpc) is 2.27. The molecule has 0 radical (unpaired) electrons. The van der Waals surface area contributed by atoms with Crippen LogP contribution in [-0.2, 0) is 9.53 Å². The topological polar surface area (TPSA) is 55.6 Å². The van der Waals surface area contributed by atoms with Gasteiger partial charge >= 0.3 is 0 Å². The third-order valence-electron chi connectivity index (χ3n) is 3.55. The Morgan fingerprint density at radius 3 is 2.71 bits per heavy atom. The fraction of sp³-hybridized carbons (Fsp3) is 0.923. The number of carbonyl (C=O) groups excluding carboxylic acids is 1. The van der Waals surface area contributed by atoms with Gasteiger partial charge in [0.25, 0.3) is 0 Å².